The summed E-state index contributed by atoms with van der Waals surface area (Å²) >= 11 is 7.23. The molecule has 7 heteroatoms. The van der Waals surface area contributed by atoms with Gasteiger partial charge in [-0.1, -0.05) is 0 Å². The molecule has 1 aromatic rings. The number of hydrogen-bond donors (Lipinski definition) is 0. The molecule has 0 N–H and O–H groups in total. The van der Waals surface area contributed by atoms with Crippen LogP contribution in [0.1, 0.15) is 0 Å². The van der Waals surface area contributed by atoms with Gasteiger partial charge in [-0.15, -0.1) is 0 Å². The second-order valence-electron chi connectivity index (χ2n) is 2.24. The molecule has 0 fully saturated rings. The molecule has 0 saturated carbocycles. The van der Waals surface area contributed by atoms with Crippen LogP contribution >= 0.6 is 45.5 Å². The second kappa shape index (κ2) is 6.32. The van der Waals surface area contributed by atoms with Crippen LogP contribution in [0.25, 0.3) is 0 Å². The number of aromatic nitrogens is 2. The summed E-state index contributed by atoms with van der Waals surface area (Å²) in [4.78, 5) is 0. The van der Waals surface area contributed by atoms with Crippen LogP contribution in [0.4, 0.5) is 0 Å². The van der Waals surface area contributed by atoms with E-state index in [1.54, 1.807) is 0 Å². The predicted molar refractivity (Wildman–Crippen MR) is 65.0 cm³/mol. The zero-order chi connectivity index (χ0) is 9.78. The Hall–Kier alpha value is 1.81. The molecule has 0 aliphatic heterocycles. The third-order valence-corrected chi connectivity index (χ3v) is 0.901. The van der Waals surface area contributed by atoms with Crippen molar-refractivity contribution in [2.45, 2.75) is 0 Å². The molecule has 0 atom stereocenters. The van der Waals surface area contributed by atoms with Gasteiger partial charge in [0.1, 0.15) is 12.4 Å². The summed E-state index contributed by atoms with van der Waals surface area (Å²) in [6.07, 6.45) is 6.00. The summed E-state index contributed by atoms with van der Waals surface area (Å²) in [5.74, 6) is 0. The Balaban J connectivity index is 0.000000217. The first-order chi connectivity index (χ1) is 5.29. The van der Waals surface area contributed by atoms with Crippen molar-refractivity contribution < 1.29 is 4.57 Å². The fraction of sp³-hybridized carbons (Fsp3) is 0.400. The average molecular weight is 487 g/mol. The van der Waals surface area contributed by atoms with Crippen LogP contribution in [0.15, 0.2) is 18.7 Å². The van der Waals surface area contributed by atoms with Gasteiger partial charge in [0.25, 0.3) is 0 Å². The number of nitrogens with zero attached hydrogens (tertiary/aromatic N) is 2. The molecule has 0 aromatic carbocycles. The monoisotopic (exact) mass is 484 g/mol. The standard InChI is InChI=1S/C5H9N2.3BrH.ClH.In/c1-6-3-4-7(2)5-6;;;;;/h3-5H,1-2H3;4*1H;/q+1;;;;;+3/p-4. The van der Waals surface area contributed by atoms with Crippen molar-refractivity contribution in [1.82, 2.24) is 4.57 Å². The maximum absolute atomic E-state index is 5.50. The van der Waals surface area contributed by atoms with Gasteiger partial charge in [-0.2, -0.15) is 0 Å². The molecule has 1 rings (SSSR count). The Bertz CT molecular complexity index is 212. The van der Waals surface area contributed by atoms with Gasteiger partial charge in [-0.25, -0.2) is 9.13 Å². The Morgan fingerprint density at radius 1 is 1.42 bits per heavy atom. The molecule has 12 heavy (non-hydrogen) atoms. The molecule has 0 aliphatic carbocycles. The maximum atomic E-state index is 5.50. The number of aryl methyl sites for hydroxylation is 2. The van der Waals surface area contributed by atoms with E-state index < -0.39 is 11.8 Å². The molecule has 2 nitrogen and oxygen atoms in total. The first-order valence-electron chi connectivity index (χ1n) is 3.13. The van der Waals surface area contributed by atoms with Gasteiger partial charge in [0.2, 0.25) is 6.33 Å². The molecule has 1 heterocycles. The zero-order valence-electron chi connectivity index (χ0n) is 6.72. The van der Waals surface area contributed by atoms with Crippen molar-refractivity contribution in [3.63, 3.8) is 0 Å². The van der Waals surface area contributed by atoms with E-state index in [9.17, 15) is 0 Å². The van der Waals surface area contributed by atoms with E-state index in [1.165, 1.54) is 0 Å². The fourth-order valence-corrected chi connectivity index (χ4v) is 0.575. The number of halogens is 4. The Kier molecular flexibility index (Phi) is 7.28. The molecule has 0 unspecified atom stereocenters. The summed E-state index contributed by atoms with van der Waals surface area (Å²) in [6, 6.07) is 0. The SMILES string of the molecule is Cn1cc[n+](C)c1.[Cl][In-]([Br])([Br])[Br]. The van der Waals surface area contributed by atoms with Crippen molar-refractivity contribution in [3.8, 4) is 0 Å². The van der Waals surface area contributed by atoms with Crippen LogP contribution in [-0.2, 0) is 14.1 Å². The van der Waals surface area contributed by atoms with E-state index >= 15 is 0 Å². The second-order valence-corrected chi connectivity index (χ2v) is 72.4. The quantitative estimate of drug-likeness (QED) is 0.499. The minimum atomic E-state index is -2.35. The van der Waals surface area contributed by atoms with Crippen LogP contribution < -0.4 is 4.57 Å². The van der Waals surface area contributed by atoms with Gasteiger partial charge in [0.15, 0.2) is 0 Å². The number of rotatable bonds is 0. The van der Waals surface area contributed by atoms with Crippen LogP contribution in [0.3, 0.4) is 0 Å². The summed E-state index contributed by atoms with van der Waals surface area (Å²) in [5, 5.41) is 0. The molecular weight excluding hydrogens is 478 g/mol. The molecule has 0 saturated heterocycles. The van der Waals surface area contributed by atoms with Gasteiger partial charge in [0, 0.05) is 0 Å². The van der Waals surface area contributed by atoms with E-state index in [1.807, 2.05) is 42.0 Å². The van der Waals surface area contributed by atoms with Crippen LogP contribution in [0.2, 0.25) is 0 Å². The molecule has 70 valence electrons. The fourth-order valence-electron chi connectivity index (χ4n) is 0.575. The third-order valence-electron chi connectivity index (χ3n) is 0.901. The van der Waals surface area contributed by atoms with Crippen molar-refractivity contribution in [1.29, 1.82) is 0 Å². The molecule has 0 bridgehead atoms. The number of hydrogen-bond acceptors (Lipinski definition) is 0. The Morgan fingerprint density at radius 2 is 1.83 bits per heavy atom. The summed E-state index contributed by atoms with van der Waals surface area (Å²) in [5.41, 5.74) is 0. The predicted octanol–water partition coefficient (Wildman–Crippen LogP) is 2.70. The van der Waals surface area contributed by atoms with Crippen molar-refractivity contribution in [2.75, 3.05) is 0 Å². The molecule has 0 aliphatic rings. The van der Waals surface area contributed by atoms with Crippen molar-refractivity contribution >= 4 is 57.3 Å². The number of imidazole rings is 1. The van der Waals surface area contributed by atoms with Gasteiger partial charge in [0.05, 0.1) is 14.1 Å². The van der Waals surface area contributed by atoms with Gasteiger partial charge < -0.3 is 0 Å². The van der Waals surface area contributed by atoms with E-state index in [2.05, 4.69) is 36.9 Å². The molecule has 1 aromatic heterocycles. The average Bonchev–Trinajstić information content (AvgIpc) is 2.09. The topological polar surface area (TPSA) is 8.81 Å². The van der Waals surface area contributed by atoms with Crippen LogP contribution in [0, 0.1) is 0 Å². The molecular formula is C5H9Br3ClInN2. The normalized spacial score (nSPS) is 10.5. The zero-order valence-corrected chi connectivity index (χ0v) is 15.5. The van der Waals surface area contributed by atoms with Crippen LogP contribution in [-0.4, -0.2) is 16.4 Å². The van der Waals surface area contributed by atoms with Gasteiger partial charge >= 0.3 is 57.3 Å². The van der Waals surface area contributed by atoms with Gasteiger partial charge in [-0.05, 0) is 0 Å². The molecule has 0 radical (unpaired) electrons. The van der Waals surface area contributed by atoms with Crippen LogP contribution in [0.5, 0.6) is 0 Å². The van der Waals surface area contributed by atoms with E-state index in [4.69, 9.17) is 8.58 Å². The third kappa shape index (κ3) is 11.8. The summed E-state index contributed by atoms with van der Waals surface area (Å²) < 4.78 is 4.00. The van der Waals surface area contributed by atoms with E-state index in [0.717, 1.165) is 0 Å². The minimum absolute atomic E-state index is 2.00. The first kappa shape index (κ1) is 13.8. The first-order valence-corrected chi connectivity index (χ1v) is 29.5. The van der Waals surface area contributed by atoms with E-state index in [0.29, 0.717) is 0 Å². The van der Waals surface area contributed by atoms with E-state index in [-0.39, 0.29) is 0 Å². The summed E-state index contributed by atoms with van der Waals surface area (Å²) in [6.45, 7) is 0. The van der Waals surface area contributed by atoms with Crippen molar-refractivity contribution in [2.24, 2.45) is 14.1 Å². The Labute approximate surface area is 97.7 Å². The molecule has 0 spiro atoms. The Morgan fingerprint density at radius 3 is 1.92 bits per heavy atom. The van der Waals surface area contributed by atoms with Crippen molar-refractivity contribution in [3.05, 3.63) is 18.7 Å². The summed E-state index contributed by atoms with van der Waals surface area (Å²) in [7, 11) is 9.50. The van der Waals surface area contributed by atoms with Gasteiger partial charge in [-0.3, -0.25) is 0 Å². The molecule has 0 amide bonds.